The van der Waals surface area contributed by atoms with Gasteiger partial charge in [-0.3, -0.25) is 19.9 Å². The predicted octanol–water partition coefficient (Wildman–Crippen LogP) is 1.48. The molecule has 0 radical (unpaired) electrons. The van der Waals surface area contributed by atoms with Gasteiger partial charge in [-0.25, -0.2) is 0 Å². The summed E-state index contributed by atoms with van der Waals surface area (Å²) in [7, 11) is 1.40. The van der Waals surface area contributed by atoms with Gasteiger partial charge < -0.3 is 5.11 Å². The summed E-state index contributed by atoms with van der Waals surface area (Å²) in [5.74, 6) is -1.08. The van der Waals surface area contributed by atoms with E-state index in [1.54, 1.807) is 6.07 Å². The van der Waals surface area contributed by atoms with Crippen molar-refractivity contribution < 1.29 is 14.8 Å². The fraction of sp³-hybridized carbons (Fsp3) is 0.200. The number of benzene rings is 1. The molecule has 1 aromatic carbocycles. The zero-order chi connectivity index (χ0) is 14.4. The molecular formula is C10H9N5O4. The second-order valence-corrected chi connectivity index (χ2v) is 3.47. The fourth-order valence-corrected chi connectivity index (χ4v) is 1.17. The van der Waals surface area contributed by atoms with Crippen LogP contribution in [-0.4, -0.2) is 34.6 Å². The molecule has 0 amide bonds. The summed E-state index contributed by atoms with van der Waals surface area (Å²) in [4.78, 5) is 20.3. The van der Waals surface area contributed by atoms with Crippen LogP contribution in [0.15, 0.2) is 28.5 Å². The van der Waals surface area contributed by atoms with Gasteiger partial charge in [0.15, 0.2) is 0 Å². The Morgan fingerprint density at radius 3 is 2.84 bits per heavy atom. The fourth-order valence-electron chi connectivity index (χ4n) is 1.17. The molecule has 9 nitrogen and oxygen atoms in total. The molecule has 0 atom stereocenters. The van der Waals surface area contributed by atoms with Gasteiger partial charge in [0.25, 0.3) is 5.69 Å². The number of likely N-dealkylation sites (N-methyl/N-ethyl adjacent to an activating group) is 1. The Labute approximate surface area is 107 Å². The first-order valence-corrected chi connectivity index (χ1v) is 4.97. The van der Waals surface area contributed by atoms with Crippen LogP contribution in [0.3, 0.4) is 0 Å². The molecule has 0 saturated carbocycles. The predicted molar refractivity (Wildman–Crippen MR) is 62.6 cm³/mol. The molecule has 0 heterocycles. The van der Waals surface area contributed by atoms with E-state index in [9.17, 15) is 14.9 Å². The van der Waals surface area contributed by atoms with Crippen molar-refractivity contribution in [1.29, 1.82) is 5.26 Å². The van der Waals surface area contributed by atoms with Gasteiger partial charge in [0.05, 0.1) is 10.5 Å². The second kappa shape index (κ2) is 6.06. The largest absolute Gasteiger partial charge is 0.480 e. The average molecular weight is 263 g/mol. The number of hydrogen-bond acceptors (Lipinski definition) is 6. The summed E-state index contributed by atoms with van der Waals surface area (Å²) in [6.45, 7) is -0.349. The van der Waals surface area contributed by atoms with Crippen LogP contribution in [0.2, 0.25) is 0 Å². The molecule has 0 spiro atoms. The van der Waals surface area contributed by atoms with Crippen molar-refractivity contribution in [2.45, 2.75) is 0 Å². The van der Waals surface area contributed by atoms with E-state index < -0.39 is 10.9 Å². The van der Waals surface area contributed by atoms with Gasteiger partial charge in [-0.15, -0.1) is 5.11 Å². The number of aliphatic carboxylic acids is 1. The highest BCUT2D eigenvalue weighted by Gasteiger charge is 2.10. The van der Waals surface area contributed by atoms with E-state index in [1.165, 1.54) is 19.2 Å². The Morgan fingerprint density at radius 1 is 1.63 bits per heavy atom. The Hall–Kier alpha value is -3.02. The molecule has 19 heavy (non-hydrogen) atoms. The molecule has 0 aromatic heterocycles. The topological polar surface area (TPSA) is 132 Å². The highest BCUT2D eigenvalue weighted by Crippen LogP contribution is 2.24. The van der Waals surface area contributed by atoms with Crippen molar-refractivity contribution in [3.63, 3.8) is 0 Å². The number of rotatable bonds is 5. The maximum Gasteiger partial charge on any atom is 0.324 e. The number of carboxylic acid groups (broad SMARTS) is 1. The highest BCUT2D eigenvalue weighted by atomic mass is 16.6. The monoisotopic (exact) mass is 263 g/mol. The van der Waals surface area contributed by atoms with Gasteiger partial charge in [0.1, 0.15) is 18.3 Å². The molecule has 1 rings (SSSR count). The summed E-state index contributed by atoms with van der Waals surface area (Å²) >= 11 is 0. The lowest BCUT2D eigenvalue weighted by Gasteiger charge is -2.06. The lowest BCUT2D eigenvalue weighted by Crippen LogP contribution is -2.19. The molecular weight excluding hydrogens is 254 g/mol. The zero-order valence-corrected chi connectivity index (χ0v) is 9.85. The summed E-state index contributed by atoms with van der Waals surface area (Å²) in [5.41, 5.74) is -0.110. The molecule has 0 bridgehead atoms. The number of nitro groups is 1. The molecule has 0 fully saturated rings. The maximum atomic E-state index is 10.5. The third-order valence-electron chi connectivity index (χ3n) is 1.98. The van der Waals surface area contributed by atoms with Crippen molar-refractivity contribution in [2.75, 3.05) is 13.6 Å². The molecule has 0 aliphatic carbocycles. The van der Waals surface area contributed by atoms with Gasteiger partial charge in [0, 0.05) is 19.2 Å². The summed E-state index contributed by atoms with van der Waals surface area (Å²) in [5, 5.41) is 36.2. The lowest BCUT2D eigenvalue weighted by atomic mass is 10.2. The Morgan fingerprint density at radius 2 is 2.32 bits per heavy atom. The number of nitriles is 1. The Kier molecular flexibility index (Phi) is 4.48. The van der Waals surface area contributed by atoms with Crippen molar-refractivity contribution >= 4 is 17.3 Å². The van der Waals surface area contributed by atoms with E-state index in [-0.39, 0.29) is 23.5 Å². The first kappa shape index (κ1) is 14.0. The van der Waals surface area contributed by atoms with Gasteiger partial charge >= 0.3 is 5.97 Å². The first-order chi connectivity index (χ1) is 8.93. The second-order valence-electron chi connectivity index (χ2n) is 3.47. The van der Waals surface area contributed by atoms with Crippen molar-refractivity contribution in [1.82, 2.24) is 5.01 Å². The minimum absolute atomic E-state index is 0.0123. The van der Waals surface area contributed by atoms with Crippen LogP contribution < -0.4 is 0 Å². The smallest absolute Gasteiger partial charge is 0.324 e. The molecule has 0 unspecified atom stereocenters. The van der Waals surface area contributed by atoms with Crippen molar-refractivity contribution in [3.8, 4) is 6.07 Å². The van der Waals surface area contributed by atoms with Gasteiger partial charge in [-0.2, -0.15) is 5.26 Å². The van der Waals surface area contributed by atoms with Crippen LogP contribution in [0.1, 0.15) is 5.56 Å². The Balaban J connectivity index is 2.96. The third kappa shape index (κ3) is 4.04. The molecule has 1 aromatic rings. The van der Waals surface area contributed by atoms with Gasteiger partial charge in [0.2, 0.25) is 0 Å². The normalized spacial score (nSPS) is 10.1. The summed E-state index contributed by atoms with van der Waals surface area (Å²) in [6, 6.07) is 5.30. The molecule has 0 aliphatic rings. The average Bonchev–Trinajstić information content (AvgIpc) is 2.35. The van der Waals surface area contributed by atoms with E-state index in [2.05, 4.69) is 10.3 Å². The molecule has 0 aliphatic heterocycles. The van der Waals surface area contributed by atoms with Crippen LogP contribution in [0.4, 0.5) is 11.4 Å². The molecule has 1 N–H and O–H groups in total. The van der Waals surface area contributed by atoms with Crippen molar-refractivity contribution in [3.05, 3.63) is 33.9 Å². The number of nitro benzene ring substituents is 1. The summed E-state index contributed by atoms with van der Waals surface area (Å²) < 4.78 is 0. The number of non-ortho nitro benzene ring substituents is 1. The van der Waals surface area contributed by atoms with Crippen LogP contribution in [0, 0.1) is 21.4 Å². The molecule has 0 saturated heterocycles. The number of hydrogen-bond donors (Lipinski definition) is 1. The first-order valence-electron chi connectivity index (χ1n) is 4.97. The van der Waals surface area contributed by atoms with Crippen molar-refractivity contribution in [2.24, 2.45) is 10.3 Å². The minimum atomic E-state index is -1.08. The SMILES string of the molecule is CN(CC(=O)O)N=Nc1ccc([N+](=O)[O-])cc1C#N. The molecule has 9 heteroatoms. The van der Waals surface area contributed by atoms with Gasteiger partial charge in [-0.05, 0) is 6.07 Å². The van der Waals surface area contributed by atoms with E-state index in [1.807, 2.05) is 0 Å². The van der Waals surface area contributed by atoms with E-state index in [4.69, 9.17) is 10.4 Å². The highest BCUT2D eigenvalue weighted by molar-refractivity contribution is 5.68. The van der Waals surface area contributed by atoms with Crippen LogP contribution >= 0.6 is 0 Å². The van der Waals surface area contributed by atoms with E-state index in [0.29, 0.717) is 0 Å². The Bertz CT molecular complexity index is 578. The molecule has 98 valence electrons. The zero-order valence-electron chi connectivity index (χ0n) is 9.85. The maximum absolute atomic E-state index is 10.5. The van der Waals surface area contributed by atoms with Gasteiger partial charge in [-0.1, -0.05) is 5.22 Å². The minimum Gasteiger partial charge on any atom is -0.480 e. The summed E-state index contributed by atoms with van der Waals surface area (Å²) in [6.07, 6.45) is 0. The van der Waals surface area contributed by atoms with Crippen LogP contribution in [0.25, 0.3) is 0 Å². The quantitative estimate of drug-likeness (QED) is 0.486. The van der Waals surface area contributed by atoms with Crippen LogP contribution in [0.5, 0.6) is 0 Å². The van der Waals surface area contributed by atoms with E-state index in [0.717, 1.165) is 11.1 Å². The van der Waals surface area contributed by atoms with E-state index >= 15 is 0 Å². The van der Waals surface area contributed by atoms with Crippen LogP contribution in [-0.2, 0) is 4.79 Å². The number of carbonyl (C=O) groups is 1. The number of carboxylic acids is 1. The number of nitrogens with zero attached hydrogens (tertiary/aromatic N) is 5. The lowest BCUT2D eigenvalue weighted by molar-refractivity contribution is -0.384. The third-order valence-corrected chi connectivity index (χ3v) is 1.98. The standard InChI is InChI=1S/C10H9N5O4/c1-14(6-10(16)17)13-12-9-3-2-8(15(18)19)4-7(9)5-11/h2-4H,6H2,1H3,(H,16,17).